The number of carbonyl (C=O) groups is 1. The lowest BCUT2D eigenvalue weighted by Gasteiger charge is -2.28. The van der Waals surface area contributed by atoms with Gasteiger partial charge in [0.1, 0.15) is 5.82 Å². The number of rotatable bonds is 3. The number of hydrogen-bond acceptors (Lipinski definition) is 5. The number of benzene rings is 4. The fraction of sp³-hybridized carbons (Fsp3) is 0.111. The van der Waals surface area contributed by atoms with Gasteiger partial charge in [-0.25, -0.2) is 15.0 Å². The van der Waals surface area contributed by atoms with Crippen LogP contribution in [0.4, 0.5) is 23.0 Å². The summed E-state index contributed by atoms with van der Waals surface area (Å²) in [5, 5.41) is 1.54. The van der Waals surface area contributed by atoms with Gasteiger partial charge in [0.25, 0.3) is 5.91 Å². The van der Waals surface area contributed by atoms with E-state index in [0.29, 0.717) is 5.36 Å². The molecule has 6 nitrogen and oxygen atoms in total. The lowest BCUT2D eigenvalue weighted by Crippen LogP contribution is -2.30. The van der Waals surface area contributed by atoms with Crippen molar-refractivity contribution >= 4 is 52.1 Å². The number of nitrogens with zero attached hydrogens (tertiary/aromatic N) is 5. The van der Waals surface area contributed by atoms with Crippen LogP contribution >= 0.6 is 0 Å². The Morgan fingerprint density at radius 2 is 1.12 bits per heavy atom. The van der Waals surface area contributed by atoms with E-state index in [0.717, 1.165) is 72.9 Å². The molecule has 0 radical (unpaired) electrons. The van der Waals surface area contributed by atoms with Crippen LogP contribution < -0.4 is 20.4 Å². The van der Waals surface area contributed by atoms with E-state index in [9.17, 15) is 4.79 Å². The van der Waals surface area contributed by atoms with Crippen LogP contribution in [0.1, 0.15) is 27.8 Å². The summed E-state index contributed by atoms with van der Waals surface area (Å²) in [4.78, 5) is 31.4. The molecule has 0 unspecified atom stereocenters. The molecule has 42 heavy (non-hydrogen) atoms. The van der Waals surface area contributed by atoms with Crippen molar-refractivity contribution in [1.29, 1.82) is 0 Å². The first-order valence-electron chi connectivity index (χ1n) is 14.0. The molecule has 6 heteroatoms. The molecule has 0 saturated carbocycles. The minimum absolute atomic E-state index is 0.251. The summed E-state index contributed by atoms with van der Waals surface area (Å²) in [6.07, 6.45) is 7.47. The third-order valence-corrected chi connectivity index (χ3v) is 7.88. The Kier molecular flexibility index (Phi) is 6.05. The van der Waals surface area contributed by atoms with Crippen LogP contribution in [-0.2, 0) is 4.79 Å². The van der Waals surface area contributed by atoms with Gasteiger partial charge >= 0.3 is 0 Å². The molecule has 3 heterocycles. The summed E-state index contributed by atoms with van der Waals surface area (Å²) in [6, 6.07) is 26.6. The van der Waals surface area contributed by atoms with Gasteiger partial charge in [0.05, 0.1) is 27.8 Å². The maximum absolute atomic E-state index is 12.2. The molecule has 5 aromatic rings. The number of anilines is 4. The van der Waals surface area contributed by atoms with Crippen molar-refractivity contribution in [2.75, 3.05) is 9.80 Å². The lowest BCUT2D eigenvalue weighted by atomic mass is 10.1. The molecule has 1 aromatic heterocycles. The number of allylic oxidation sites excluding steroid dienone is 1. The zero-order valence-corrected chi connectivity index (χ0v) is 24.0. The Bertz CT molecular complexity index is 1990. The number of carbonyl (C=O) groups excluding carboxylic acids is 1. The van der Waals surface area contributed by atoms with Gasteiger partial charge in [0.15, 0.2) is 11.6 Å². The second-order valence-corrected chi connectivity index (χ2v) is 10.8. The van der Waals surface area contributed by atoms with Crippen LogP contribution in [0.2, 0.25) is 0 Å². The Morgan fingerprint density at radius 1 is 0.595 bits per heavy atom. The second kappa shape index (κ2) is 9.93. The maximum atomic E-state index is 12.2. The zero-order valence-electron chi connectivity index (χ0n) is 24.0. The number of amides is 1. The maximum Gasteiger partial charge on any atom is 0.270 e. The highest BCUT2D eigenvalue weighted by Crippen LogP contribution is 2.51. The molecule has 0 atom stereocenters. The molecule has 7 rings (SSSR count). The Labute approximate surface area is 244 Å². The predicted molar refractivity (Wildman–Crippen MR) is 169 cm³/mol. The predicted octanol–water partition coefficient (Wildman–Crippen LogP) is 6.65. The van der Waals surface area contributed by atoms with Crippen LogP contribution in [0.5, 0.6) is 0 Å². The number of aromatic nitrogens is 2. The molecule has 0 N–H and O–H groups in total. The molecule has 0 bridgehead atoms. The molecular weight excluding hydrogens is 518 g/mol. The molecule has 2 aliphatic rings. The lowest BCUT2D eigenvalue weighted by molar-refractivity contribution is -0.113. The van der Waals surface area contributed by atoms with E-state index >= 15 is 0 Å². The van der Waals surface area contributed by atoms with Gasteiger partial charge in [-0.15, -0.1) is 0 Å². The van der Waals surface area contributed by atoms with Crippen LogP contribution in [0.15, 0.2) is 102 Å². The number of aryl methyl sites for hydroxylation is 4. The third kappa shape index (κ3) is 4.11. The highest BCUT2D eigenvalue weighted by atomic mass is 16.1. The first-order chi connectivity index (χ1) is 20.4. The van der Waals surface area contributed by atoms with Crippen LogP contribution in [0.3, 0.4) is 0 Å². The van der Waals surface area contributed by atoms with Gasteiger partial charge in [0.2, 0.25) is 0 Å². The standard InChI is InChI=1S/C36H29N5O/c1-22-10-7-11-23(2)33(22)40-31(21-19-27-15-9-14-26-18-20-30(42)39-32(26)27)41(34-24(3)12-8-13-25(34)4)36-35(40)37-28-16-5-6-17-29(28)38-36/h5-21H,1-4H3/b27-19-. The van der Waals surface area contributed by atoms with Crippen LogP contribution in [0.25, 0.3) is 23.2 Å². The molecule has 0 fully saturated rings. The summed E-state index contributed by atoms with van der Waals surface area (Å²) >= 11 is 0. The van der Waals surface area contributed by atoms with Crippen molar-refractivity contribution in [3.63, 3.8) is 0 Å². The molecule has 0 aliphatic carbocycles. The summed E-state index contributed by atoms with van der Waals surface area (Å²) in [5.41, 5.74) is 9.25. The van der Waals surface area contributed by atoms with Gasteiger partial charge in [-0.1, -0.05) is 66.7 Å². The average molecular weight is 548 g/mol. The molecule has 0 saturated heterocycles. The van der Waals surface area contributed by atoms with E-state index in [1.807, 2.05) is 54.6 Å². The van der Waals surface area contributed by atoms with Crippen molar-refractivity contribution in [3.8, 4) is 0 Å². The fourth-order valence-corrected chi connectivity index (χ4v) is 5.96. The van der Waals surface area contributed by atoms with Crippen LogP contribution in [-0.4, -0.2) is 15.9 Å². The van der Waals surface area contributed by atoms with E-state index in [4.69, 9.17) is 9.97 Å². The van der Waals surface area contributed by atoms with Gasteiger partial charge in [-0.2, -0.15) is 0 Å². The summed E-state index contributed by atoms with van der Waals surface area (Å²) in [5.74, 6) is 2.18. The largest absolute Gasteiger partial charge is 0.276 e. The SMILES string of the molecule is Cc1cccc(C)c1N1C(=C/C=c2/cccc3c2=NC(=O)C=C3)N(c2c(C)cccc2C)c2nc3ccccc3nc21. The van der Waals surface area contributed by atoms with E-state index in [2.05, 4.69) is 85.0 Å². The number of fused-ring (bicyclic) bond motifs is 3. The normalized spacial score (nSPS) is 14.3. The quantitative estimate of drug-likeness (QED) is 0.253. The monoisotopic (exact) mass is 547 g/mol. The highest BCUT2D eigenvalue weighted by Gasteiger charge is 2.38. The molecule has 204 valence electrons. The highest BCUT2D eigenvalue weighted by molar-refractivity contribution is 5.96. The van der Waals surface area contributed by atoms with Crippen molar-refractivity contribution < 1.29 is 4.79 Å². The summed E-state index contributed by atoms with van der Waals surface area (Å²) in [6.45, 7) is 8.52. The first kappa shape index (κ1) is 25.6. The summed E-state index contributed by atoms with van der Waals surface area (Å²) < 4.78 is 0. The van der Waals surface area contributed by atoms with E-state index in [1.165, 1.54) is 6.08 Å². The van der Waals surface area contributed by atoms with Crippen molar-refractivity contribution in [2.24, 2.45) is 4.99 Å². The fourth-order valence-electron chi connectivity index (χ4n) is 5.96. The molecule has 1 amide bonds. The van der Waals surface area contributed by atoms with Crippen molar-refractivity contribution in [2.45, 2.75) is 27.7 Å². The van der Waals surface area contributed by atoms with Gasteiger partial charge < -0.3 is 0 Å². The van der Waals surface area contributed by atoms with E-state index < -0.39 is 0 Å². The van der Waals surface area contributed by atoms with Crippen molar-refractivity contribution in [3.05, 3.63) is 135 Å². The molecular formula is C36H29N5O. The number of para-hydroxylation sites is 5. The third-order valence-electron chi connectivity index (χ3n) is 7.88. The number of hydrogen-bond donors (Lipinski definition) is 0. The average Bonchev–Trinajstić information content (AvgIpc) is 3.27. The first-order valence-corrected chi connectivity index (χ1v) is 14.0. The topological polar surface area (TPSA) is 61.7 Å². The minimum Gasteiger partial charge on any atom is -0.276 e. The van der Waals surface area contributed by atoms with Gasteiger partial charge in [0, 0.05) is 16.9 Å². The Morgan fingerprint density at radius 3 is 1.67 bits per heavy atom. The molecule has 2 aliphatic heterocycles. The zero-order chi connectivity index (χ0) is 29.0. The van der Waals surface area contributed by atoms with Crippen molar-refractivity contribution in [1.82, 2.24) is 9.97 Å². The van der Waals surface area contributed by atoms with Crippen LogP contribution in [0, 0.1) is 27.7 Å². The Balaban J connectivity index is 1.59. The smallest absolute Gasteiger partial charge is 0.270 e. The summed E-state index contributed by atoms with van der Waals surface area (Å²) in [7, 11) is 0. The molecule has 4 aromatic carbocycles. The van der Waals surface area contributed by atoms with E-state index in [1.54, 1.807) is 0 Å². The second-order valence-electron chi connectivity index (χ2n) is 10.8. The minimum atomic E-state index is -0.251. The van der Waals surface area contributed by atoms with E-state index in [-0.39, 0.29) is 5.91 Å². The Hall–Kier alpha value is -5.36. The van der Waals surface area contributed by atoms with Gasteiger partial charge in [-0.05, 0) is 80.3 Å². The molecule has 0 spiro atoms. The van der Waals surface area contributed by atoms with Gasteiger partial charge in [-0.3, -0.25) is 14.6 Å².